The molecular formula is C27H38ClN5O2. The molecule has 35 heavy (non-hydrogen) atoms. The molecule has 0 radical (unpaired) electrons. The maximum absolute atomic E-state index is 12.7. The van der Waals surface area contributed by atoms with Crippen molar-refractivity contribution in [3.8, 4) is 0 Å². The van der Waals surface area contributed by atoms with Crippen molar-refractivity contribution in [3.05, 3.63) is 77.0 Å². The Hall–Kier alpha value is -3.19. The summed E-state index contributed by atoms with van der Waals surface area (Å²) < 4.78 is 5.99. The molecule has 3 N–H and O–H groups in total. The summed E-state index contributed by atoms with van der Waals surface area (Å²) >= 11 is 5.99. The zero-order valence-electron chi connectivity index (χ0n) is 21.6. The first kappa shape index (κ1) is 29.8. The molecule has 0 aromatic carbocycles. The standard InChI is InChI=1S/C27H38ClN5O2/c1-7-10-24(29)33-25(35-27(4,5)8-2)14-16-32-26(34)21-13-15-31-23(18-21)17-20(3)11-9-12-22(28)19-30-6/h7,9-15,18-20H,8,16-17H2,1-6H3,(H2,29,33)(H,32,34)/b10-7+,11-9+,22-12+,25-14-,30-19?. The van der Waals surface area contributed by atoms with E-state index in [4.69, 9.17) is 22.1 Å². The summed E-state index contributed by atoms with van der Waals surface area (Å²) in [5, 5.41) is 3.44. The molecule has 0 fully saturated rings. The van der Waals surface area contributed by atoms with Gasteiger partial charge in [0, 0.05) is 37.3 Å². The van der Waals surface area contributed by atoms with Crippen molar-refractivity contribution in [3.63, 3.8) is 0 Å². The van der Waals surface area contributed by atoms with Crippen LogP contribution in [0.1, 0.15) is 57.1 Å². The maximum Gasteiger partial charge on any atom is 0.251 e. The Bertz CT molecular complexity index is 1010. The summed E-state index contributed by atoms with van der Waals surface area (Å²) in [5.74, 6) is 0.699. The Labute approximate surface area is 214 Å². The second-order valence-electron chi connectivity index (χ2n) is 8.55. The zero-order valence-corrected chi connectivity index (χ0v) is 22.3. The molecule has 190 valence electrons. The third kappa shape index (κ3) is 12.7. The number of allylic oxidation sites excluding steroid dienone is 5. The van der Waals surface area contributed by atoms with Crippen molar-refractivity contribution in [2.75, 3.05) is 13.6 Å². The number of halogens is 1. The van der Waals surface area contributed by atoms with E-state index in [1.165, 1.54) is 0 Å². The third-order valence-electron chi connectivity index (χ3n) is 4.91. The first-order valence-electron chi connectivity index (χ1n) is 11.7. The molecule has 0 saturated heterocycles. The number of carbonyl (C=O) groups excluding carboxylic acids is 1. The largest absolute Gasteiger partial charge is 0.472 e. The lowest BCUT2D eigenvalue weighted by atomic mass is 10.0. The highest BCUT2D eigenvalue weighted by molar-refractivity contribution is 6.39. The van der Waals surface area contributed by atoms with Crippen LogP contribution >= 0.6 is 11.6 Å². The topological polar surface area (TPSA) is 102 Å². The quantitative estimate of drug-likeness (QED) is 0.165. The Kier molecular flexibility index (Phi) is 13.4. The molecule has 0 saturated carbocycles. The van der Waals surface area contributed by atoms with E-state index in [-0.39, 0.29) is 18.4 Å². The fourth-order valence-electron chi connectivity index (χ4n) is 2.77. The summed E-state index contributed by atoms with van der Waals surface area (Å²) in [4.78, 5) is 25.3. The number of pyridine rings is 1. The summed E-state index contributed by atoms with van der Waals surface area (Å²) in [6.07, 6.45) is 15.6. The Morgan fingerprint density at radius 3 is 2.80 bits per heavy atom. The number of nitrogens with one attached hydrogen (secondary N) is 1. The van der Waals surface area contributed by atoms with Gasteiger partial charge in [-0.05, 0) is 69.9 Å². The summed E-state index contributed by atoms with van der Waals surface area (Å²) in [5.41, 5.74) is 6.86. The number of hydrogen-bond acceptors (Lipinski definition) is 5. The van der Waals surface area contributed by atoms with Gasteiger partial charge in [-0.15, -0.1) is 0 Å². The van der Waals surface area contributed by atoms with Crippen molar-refractivity contribution in [2.24, 2.45) is 21.6 Å². The van der Waals surface area contributed by atoms with Gasteiger partial charge >= 0.3 is 0 Å². The predicted octanol–water partition coefficient (Wildman–Crippen LogP) is 5.35. The molecule has 8 heteroatoms. The second-order valence-corrected chi connectivity index (χ2v) is 8.98. The molecule has 1 rings (SSSR count). The van der Waals surface area contributed by atoms with Gasteiger partial charge in [0.05, 0.1) is 5.03 Å². The SMILES string of the molecule is C/C=C/C(N)=N/C(=C/CNC(=O)c1ccnc(CC(C)/C=C/C=C(/Cl)C=NC)c1)OC(C)(C)CC. The van der Waals surface area contributed by atoms with Gasteiger partial charge in [0.25, 0.3) is 5.91 Å². The minimum atomic E-state index is -0.411. The van der Waals surface area contributed by atoms with Crippen LogP contribution in [-0.2, 0) is 11.2 Å². The van der Waals surface area contributed by atoms with Gasteiger partial charge in [-0.25, -0.2) is 0 Å². The lowest BCUT2D eigenvalue weighted by Gasteiger charge is -2.25. The van der Waals surface area contributed by atoms with Crippen molar-refractivity contribution in [1.29, 1.82) is 0 Å². The van der Waals surface area contributed by atoms with E-state index in [1.54, 1.807) is 55.9 Å². The monoisotopic (exact) mass is 499 g/mol. The van der Waals surface area contributed by atoms with E-state index >= 15 is 0 Å². The molecule has 1 aromatic rings. The summed E-state index contributed by atoms with van der Waals surface area (Å²) in [7, 11) is 1.67. The number of aromatic nitrogens is 1. The maximum atomic E-state index is 12.7. The molecule has 1 unspecified atom stereocenters. The number of nitrogens with two attached hydrogens (primary N) is 1. The van der Waals surface area contributed by atoms with Crippen molar-refractivity contribution >= 4 is 29.6 Å². The highest BCUT2D eigenvalue weighted by Gasteiger charge is 2.18. The lowest BCUT2D eigenvalue weighted by molar-refractivity contribution is 0.0302. The van der Waals surface area contributed by atoms with Crippen molar-refractivity contribution < 1.29 is 9.53 Å². The fourth-order valence-corrected chi connectivity index (χ4v) is 2.94. The molecular weight excluding hydrogens is 462 g/mol. The molecule has 1 heterocycles. The number of ether oxygens (including phenoxy) is 1. The number of aliphatic imine (C=N–C) groups is 2. The number of amidine groups is 1. The Morgan fingerprint density at radius 1 is 1.40 bits per heavy atom. The van der Waals surface area contributed by atoms with Gasteiger partial charge in [-0.2, -0.15) is 4.99 Å². The second kappa shape index (κ2) is 15.7. The van der Waals surface area contributed by atoms with E-state index in [0.717, 1.165) is 12.1 Å². The molecule has 0 aliphatic carbocycles. The first-order chi connectivity index (χ1) is 16.6. The van der Waals surface area contributed by atoms with Crippen LogP contribution in [0.15, 0.2) is 75.7 Å². The van der Waals surface area contributed by atoms with Gasteiger partial charge in [0.1, 0.15) is 11.4 Å². The van der Waals surface area contributed by atoms with Gasteiger partial charge < -0.3 is 15.8 Å². The summed E-state index contributed by atoms with van der Waals surface area (Å²) in [6, 6.07) is 3.49. The van der Waals surface area contributed by atoms with E-state index in [9.17, 15) is 4.79 Å². The van der Waals surface area contributed by atoms with Crippen LogP contribution < -0.4 is 11.1 Å². The minimum Gasteiger partial charge on any atom is -0.472 e. The molecule has 7 nitrogen and oxygen atoms in total. The Balaban J connectivity index is 2.84. The predicted molar refractivity (Wildman–Crippen MR) is 147 cm³/mol. The van der Waals surface area contributed by atoms with E-state index < -0.39 is 5.60 Å². The average molecular weight is 500 g/mol. The third-order valence-corrected chi connectivity index (χ3v) is 5.13. The normalized spacial score (nSPS) is 14.8. The van der Waals surface area contributed by atoms with Crippen LogP contribution in [0, 0.1) is 5.92 Å². The van der Waals surface area contributed by atoms with Crippen LogP contribution in [0.25, 0.3) is 0 Å². The summed E-state index contributed by atoms with van der Waals surface area (Å²) in [6.45, 7) is 10.2. The van der Waals surface area contributed by atoms with Gasteiger partial charge in [0.15, 0.2) is 0 Å². The molecule has 1 aromatic heterocycles. The van der Waals surface area contributed by atoms with Crippen molar-refractivity contribution in [2.45, 2.75) is 53.1 Å². The first-order valence-corrected chi connectivity index (χ1v) is 12.0. The van der Waals surface area contributed by atoms with E-state index in [0.29, 0.717) is 28.7 Å². The van der Waals surface area contributed by atoms with Gasteiger partial charge in [-0.1, -0.05) is 43.7 Å². The lowest BCUT2D eigenvalue weighted by Crippen LogP contribution is -2.26. The number of nitrogens with zero attached hydrogens (tertiary/aromatic N) is 3. The van der Waals surface area contributed by atoms with Crippen LogP contribution in [-0.4, -0.2) is 42.1 Å². The van der Waals surface area contributed by atoms with Crippen LogP contribution in [0.2, 0.25) is 0 Å². The number of carbonyl (C=O) groups is 1. The zero-order chi connectivity index (χ0) is 26.3. The molecule has 0 aliphatic heterocycles. The number of amides is 1. The van der Waals surface area contributed by atoms with Gasteiger partial charge in [-0.3, -0.25) is 14.8 Å². The van der Waals surface area contributed by atoms with Gasteiger partial charge in [0.2, 0.25) is 5.88 Å². The van der Waals surface area contributed by atoms with Crippen molar-refractivity contribution in [1.82, 2.24) is 10.3 Å². The average Bonchev–Trinajstić information content (AvgIpc) is 2.79. The number of hydrogen-bond donors (Lipinski definition) is 2. The molecule has 0 bridgehead atoms. The Morgan fingerprint density at radius 2 is 2.14 bits per heavy atom. The highest BCUT2D eigenvalue weighted by Crippen LogP contribution is 2.19. The van der Waals surface area contributed by atoms with Crippen LogP contribution in [0.4, 0.5) is 0 Å². The van der Waals surface area contributed by atoms with Crippen LogP contribution in [0.3, 0.4) is 0 Å². The van der Waals surface area contributed by atoms with E-state index in [2.05, 4.69) is 27.2 Å². The smallest absolute Gasteiger partial charge is 0.251 e. The molecule has 0 aliphatic rings. The molecule has 1 atom stereocenters. The fraction of sp³-hybridized carbons (Fsp3) is 0.407. The minimum absolute atomic E-state index is 0.207. The highest BCUT2D eigenvalue weighted by atomic mass is 35.5. The molecule has 1 amide bonds. The molecule has 0 spiro atoms. The van der Waals surface area contributed by atoms with E-state index in [1.807, 2.05) is 39.8 Å². The number of rotatable bonds is 13. The van der Waals surface area contributed by atoms with Crippen LogP contribution in [0.5, 0.6) is 0 Å².